The summed E-state index contributed by atoms with van der Waals surface area (Å²) in [6.07, 6.45) is -3.59. The van der Waals surface area contributed by atoms with Crippen molar-refractivity contribution in [1.29, 1.82) is 0 Å². The van der Waals surface area contributed by atoms with Crippen molar-refractivity contribution in [2.75, 3.05) is 39.9 Å². The zero-order valence-corrected chi connectivity index (χ0v) is 18.7. The number of pyridine rings is 1. The summed E-state index contributed by atoms with van der Waals surface area (Å²) in [5.41, 5.74) is 0.0512. The third kappa shape index (κ3) is 6.20. The predicted octanol–water partition coefficient (Wildman–Crippen LogP) is 4.01. The summed E-state index contributed by atoms with van der Waals surface area (Å²) >= 11 is 0. The van der Waals surface area contributed by atoms with Crippen molar-refractivity contribution < 1.29 is 32.1 Å². The van der Waals surface area contributed by atoms with Crippen LogP contribution in [0.25, 0.3) is 10.9 Å². The highest BCUT2D eigenvalue weighted by molar-refractivity contribution is 5.91. The lowest BCUT2D eigenvalue weighted by Crippen LogP contribution is -2.25. The Bertz CT molecular complexity index is 1100. The Hall–Kier alpha value is -3.18. The van der Waals surface area contributed by atoms with E-state index in [9.17, 15) is 13.2 Å². The van der Waals surface area contributed by atoms with E-state index >= 15 is 0 Å². The van der Waals surface area contributed by atoms with E-state index in [1.54, 1.807) is 33.3 Å². The number of aromatic nitrogens is 3. The highest BCUT2D eigenvalue weighted by atomic mass is 19.4. The van der Waals surface area contributed by atoms with Gasteiger partial charge in [0.05, 0.1) is 37.0 Å². The Labute approximate surface area is 189 Å². The maximum atomic E-state index is 13.0. The summed E-state index contributed by atoms with van der Waals surface area (Å²) in [4.78, 5) is 12.9. The molecule has 33 heavy (non-hydrogen) atoms. The average Bonchev–Trinajstić information content (AvgIpc) is 2.79. The molecule has 178 valence electrons. The fourth-order valence-corrected chi connectivity index (χ4v) is 3.14. The molecule has 0 aliphatic carbocycles. The zero-order chi connectivity index (χ0) is 24.0. The van der Waals surface area contributed by atoms with Crippen LogP contribution in [0.1, 0.15) is 17.1 Å². The second-order valence-corrected chi connectivity index (χ2v) is 7.15. The SMILES string of the molecule is COCC(COc1cc2c(NCc3cc(C(F)(F)F)ccn3)nc(C)nc2cc1OC)OC. The van der Waals surface area contributed by atoms with Gasteiger partial charge in [0.25, 0.3) is 0 Å². The molecule has 1 atom stereocenters. The number of hydrogen-bond acceptors (Lipinski definition) is 8. The predicted molar refractivity (Wildman–Crippen MR) is 116 cm³/mol. The summed E-state index contributed by atoms with van der Waals surface area (Å²) in [7, 11) is 4.65. The number of benzene rings is 1. The Morgan fingerprint density at radius 2 is 1.82 bits per heavy atom. The highest BCUT2D eigenvalue weighted by Crippen LogP contribution is 2.35. The van der Waals surface area contributed by atoms with Crippen LogP contribution >= 0.6 is 0 Å². The number of nitrogens with zero attached hydrogens (tertiary/aromatic N) is 3. The van der Waals surface area contributed by atoms with Crippen LogP contribution in [0.3, 0.4) is 0 Å². The minimum atomic E-state index is -4.44. The van der Waals surface area contributed by atoms with E-state index in [1.807, 2.05) is 0 Å². The van der Waals surface area contributed by atoms with E-state index in [-0.39, 0.29) is 24.9 Å². The third-order valence-electron chi connectivity index (χ3n) is 4.78. The van der Waals surface area contributed by atoms with Crippen molar-refractivity contribution in [3.63, 3.8) is 0 Å². The molecule has 2 heterocycles. The molecule has 11 heteroatoms. The van der Waals surface area contributed by atoms with Gasteiger partial charge in [-0.15, -0.1) is 0 Å². The van der Waals surface area contributed by atoms with Gasteiger partial charge in [-0.2, -0.15) is 13.2 Å². The minimum Gasteiger partial charge on any atom is -0.493 e. The average molecular weight is 466 g/mol. The molecule has 1 N–H and O–H groups in total. The maximum Gasteiger partial charge on any atom is 0.416 e. The highest BCUT2D eigenvalue weighted by Gasteiger charge is 2.30. The number of alkyl halides is 3. The molecule has 0 spiro atoms. The fourth-order valence-electron chi connectivity index (χ4n) is 3.14. The molecule has 0 saturated carbocycles. The van der Waals surface area contributed by atoms with Gasteiger partial charge in [-0.1, -0.05) is 0 Å². The van der Waals surface area contributed by atoms with Gasteiger partial charge in [-0.3, -0.25) is 4.98 Å². The van der Waals surface area contributed by atoms with Gasteiger partial charge >= 0.3 is 6.18 Å². The van der Waals surface area contributed by atoms with Gasteiger partial charge in [-0.05, 0) is 25.1 Å². The lowest BCUT2D eigenvalue weighted by molar-refractivity contribution is -0.137. The Kier molecular flexibility index (Phi) is 7.88. The molecule has 0 fully saturated rings. The van der Waals surface area contributed by atoms with Gasteiger partial charge in [0, 0.05) is 31.9 Å². The number of aryl methyl sites for hydroxylation is 1. The van der Waals surface area contributed by atoms with E-state index in [4.69, 9.17) is 18.9 Å². The number of hydrogen-bond donors (Lipinski definition) is 1. The lowest BCUT2D eigenvalue weighted by Gasteiger charge is -2.18. The molecule has 3 rings (SSSR count). The molecule has 1 unspecified atom stereocenters. The smallest absolute Gasteiger partial charge is 0.416 e. The van der Waals surface area contributed by atoms with E-state index < -0.39 is 11.7 Å². The first-order chi connectivity index (χ1) is 15.7. The molecule has 0 bridgehead atoms. The molecule has 0 amide bonds. The van der Waals surface area contributed by atoms with Crippen molar-refractivity contribution in [3.05, 3.63) is 47.5 Å². The number of anilines is 1. The molecule has 0 aliphatic rings. The quantitative estimate of drug-likeness (QED) is 0.480. The molecule has 2 aromatic heterocycles. The van der Waals surface area contributed by atoms with E-state index in [0.29, 0.717) is 40.7 Å². The number of nitrogens with one attached hydrogen (secondary N) is 1. The summed E-state index contributed by atoms with van der Waals surface area (Å²) in [5, 5.41) is 3.68. The van der Waals surface area contributed by atoms with Gasteiger partial charge in [-0.25, -0.2) is 9.97 Å². The second-order valence-electron chi connectivity index (χ2n) is 7.15. The van der Waals surface area contributed by atoms with Gasteiger partial charge < -0.3 is 24.3 Å². The van der Waals surface area contributed by atoms with Crippen molar-refractivity contribution in [2.45, 2.75) is 25.7 Å². The standard InChI is InChI=1S/C22H25F3N4O4/c1-13-28-18-9-19(32-4)20(33-12-16(31-3)11-30-2)8-17(18)21(29-13)27-10-15-7-14(5-6-26-15)22(23,24)25/h5-9,16H,10-12H2,1-4H3,(H,27,28,29). The Morgan fingerprint density at radius 1 is 1.03 bits per heavy atom. The lowest BCUT2D eigenvalue weighted by atomic mass is 10.2. The number of rotatable bonds is 10. The Morgan fingerprint density at radius 3 is 2.48 bits per heavy atom. The summed E-state index contributed by atoms with van der Waals surface area (Å²) in [6, 6.07) is 5.36. The van der Waals surface area contributed by atoms with Crippen LogP contribution in [-0.4, -0.2) is 55.6 Å². The van der Waals surface area contributed by atoms with Crippen LogP contribution < -0.4 is 14.8 Å². The summed E-state index contributed by atoms with van der Waals surface area (Å²) < 4.78 is 60.8. The first kappa shape index (κ1) is 24.5. The Balaban J connectivity index is 1.90. The van der Waals surface area contributed by atoms with E-state index in [2.05, 4.69) is 20.3 Å². The molecule has 0 aliphatic heterocycles. The molecular formula is C22H25F3N4O4. The van der Waals surface area contributed by atoms with Crippen molar-refractivity contribution in [1.82, 2.24) is 15.0 Å². The van der Waals surface area contributed by atoms with E-state index in [1.165, 1.54) is 7.11 Å². The molecule has 1 aromatic carbocycles. The summed E-state index contributed by atoms with van der Waals surface area (Å²) in [6.45, 7) is 2.33. The third-order valence-corrected chi connectivity index (χ3v) is 4.78. The normalized spacial score (nSPS) is 12.6. The molecule has 8 nitrogen and oxygen atoms in total. The molecule has 0 radical (unpaired) electrons. The maximum absolute atomic E-state index is 13.0. The van der Waals surface area contributed by atoms with Crippen molar-refractivity contribution >= 4 is 16.7 Å². The number of ether oxygens (including phenoxy) is 4. The largest absolute Gasteiger partial charge is 0.493 e. The van der Waals surface area contributed by atoms with Gasteiger partial charge in [0.1, 0.15) is 24.4 Å². The molecule has 3 aromatic rings. The fraction of sp³-hybridized carbons (Fsp3) is 0.409. The topological polar surface area (TPSA) is 87.6 Å². The second kappa shape index (κ2) is 10.6. The van der Waals surface area contributed by atoms with Crippen LogP contribution in [0.4, 0.5) is 19.0 Å². The number of halogens is 3. The van der Waals surface area contributed by atoms with Crippen LogP contribution in [0.15, 0.2) is 30.5 Å². The van der Waals surface area contributed by atoms with Crippen molar-refractivity contribution in [3.8, 4) is 11.5 Å². The number of fused-ring (bicyclic) bond motifs is 1. The van der Waals surface area contributed by atoms with Crippen LogP contribution in [0.5, 0.6) is 11.5 Å². The summed E-state index contributed by atoms with van der Waals surface area (Å²) in [5.74, 6) is 1.83. The van der Waals surface area contributed by atoms with Crippen LogP contribution in [0.2, 0.25) is 0 Å². The van der Waals surface area contributed by atoms with Crippen LogP contribution in [0, 0.1) is 6.92 Å². The molecule has 0 saturated heterocycles. The minimum absolute atomic E-state index is 0.0390. The molecular weight excluding hydrogens is 441 g/mol. The first-order valence-electron chi connectivity index (χ1n) is 10.0. The number of methoxy groups -OCH3 is 3. The first-order valence-corrected chi connectivity index (χ1v) is 10.0. The zero-order valence-electron chi connectivity index (χ0n) is 18.7. The van der Waals surface area contributed by atoms with Gasteiger partial charge in [0.15, 0.2) is 11.5 Å². The van der Waals surface area contributed by atoms with Gasteiger partial charge in [0.2, 0.25) is 0 Å². The monoisotopic (exact) mass is 466 g/mol. The van der Waals surface area contributed by atoms with E-state index in [0.717, 1.165) is 18.3 Å². The van der Waals surface area contributed by atoms with Crippen molar-refractivity contribution in [2.24, 2.45) is 0 Å². The van der Waals surface area contributed by atoms with Crippen LogP contribution in [-0.2, 0) is 22.2 Å².